The second kappa shape index (κ2) is 14.1. The largest absolute Gasteiger partial charge is 0.505 e. The van der Waals surface area contributed by atoms with Gasteiger partial charge in [-0.05, 0) is 6.42 Å². The second-order valence-electron chi connectivity index (χ2n) is 6.61. The summed E-state index contributed by atoms with van der Waals surface area (Å²) in [5.74, 6) is 0. The topological polar surface area (TPSA) is 46.5 Å². The molecule has 132 valence electrons. The average molecular weight is 331 g/mol. The highest BCUT2D eigenvalue weighted by atomic mass is 28.3. The molecule has 0 aromatic rings. The summed E-state index contributed by atoms with van der Waals surface area (Å²) >= 11 is 0. The summed E-state index contributed by atoms with van der Waals surface area (Å²) in [6, 6.07) is 5.93. The van der Waals surface area contributed by atoms with Crippen LogP contribution in [0, 0.1) is 0 Å². The summed E-state index contributed by atoms with van der Waals surface area (Å²) in [6.45, 7) is 7.56. The molecular formula is C18H38O3Si. The first kappa shape index (κ1) is 21.5. The highest BCUT2D eigenvalue weighted by Gasteiger charge is 2.25. The third-order valence-electron chi connectivity index (χ3n) is 5.33. The van der Waals surface area contributed by atoms with Gasteiger partial charge < -0.3 is 9.84 Å². The predicted octanol–water partition coefficient (Wildman–Crippen LogP) is 6.70. The van der Waals surface area contributed by atoms with Gasteiger partial charge in [-0.25, -0.2) is 4.79 Å². The molecule has 0 amide bonds. The van der Waals surface area contributed by atoms with Crippen LogP contribution in [0.1, 0.15) is 78.6 Å². The Morgan fingerprint density at radius 3 is 1.59 bits per heavy atom. The Hall–Kier alpha value is -0.513. The van der Waals surface area contributed by atoms with Crippen molar-refractivity contribution in [1.29, 1.82) is 0 Å². The van der Waals surface area contributed by atoms with Crippen LogP contribution in [0.25, 0.3) is 0 Å². The van der Waals surface area contributed by atoms with Crippen LogP contribution >= 0.6 is 0 Å². The van der Waals surface area contributed by atoms with Crippen molar-refractivity contribution in [3.63, 3.8) is 0 Å². The monoisotopic (exact) mass is 330 g/mol. The first-order valence-corrected chi connectivity index (χ1v) is 12.3. The highest BCUT2D eigenvalue weighted by Crippen LogP contribution is 2.27. The molecule has 3 nitrogen and oxygen atoms in total. The molecule has 0 heterocycles. The molecule has 22 heavy (non-hydrogen) atoms. The Balaban J connectivity index is 3.32. The molecule has 0 aliphatic heterocycles. The van der Waals surface area contributed by atoms with Crippen LogP contribution in [0.5, 0.6) is 0 Å². The quantitative estimate of drug-likeness (QED) is 0.206. The SMILES string of the molecule is CC[Si](CC)(CC)CCCCCCCCCCCOC(=O)O. The molecule has 0 aromatic heterocycles. The van der Waals surface area contributed by atoms with Crippen molar-refractivity contribution < 1.29 is 14.6 Å². The van der Waals surface area contributed by atoms with Gasteiger partial charge in [-0.3, -0.25) is 0 Å². The molecule has 0 spiro atoms. The fraction of sp³-hybridized carbons (Fsp3) is 0.944. The minimum Gasteiger partial charge on any atom is -0.450 e. The Kier molecular flexibility index (Phi) is 13.8. The van der Waals surface area contributed by atoms with Gasteiger partial charge in [0.25, 0.3) is 0 Å². The van der Waals surface area contributed by atoms with Crippen LogP contribution in [-0.2, 0) is 4.74 Å². The molecule has 0 radical (unpaired) electrons. The van der Waals surface area contributed by atoms with E-state index >= 15 is 0 Å². The Labute approximate surface area is 138 Å². The minimum atomic E-state index is -1.15. The van der Waals surface area contributed by atoms with Gasteiger partial charge in [0.15, 0.2) is 0 Å². The summed E-state index contributed by atoms with van der Waals surface area (Å²) in [5.41, 5.74) is 0. The number of hydrogen-bond acceptors (Lipinski definition) is 2. The molecule has 4 heteroatoms. The molecule has 0 saturated heterocycles. The van der Waals surface area contributed by atoms with Crippen molar-refractivity contribution in [3.8, 4) is 0 Å². The van der Waals surface area contributed by atoms with Gasteiger partial charge in [0.2, 0.25) is 0 Å². The van der Waals surface area contributed by atoms with Gasteiger partial charge in [-0.15, -0.1) is 0 Å². The number of rotatable bonds is 15. The van der Waals surface area contributed by atoms with E-state index in [9.17, 15) is 4.79 Å². The summed E-state index contributed by atoms with van der Waals surface area (Å²) < 4.78 is 4.49. The zero-order valence-electron chi connectivity index (χ0n) is 15.2. The lowest BCUT2D eigenvalue weighted by Crippen LogP contribution is -2.30. The molecule has 0 aliphatic rings. The van der Waals surface area contributed by atoms with E-state index in [0.717, 1.165) is 12.8 Å². The van der Waals surface area contributed by atoms with Gasteiger partial charge in [0.1, 0.15) is 0 Å². The molecule has 0 unspecified atom stereocenters. The summed E-state index contributed by atoms with van der Waals surface area (Å²) in [5, 5.41) is 8.33. The minimum absolute atomic E-state index is 0.354. The molecule has 0 fully saturated rings. The zero-order chi connectivity index (χ0) is 16.7. The lowest BCUT2D eigenvalue weighted by atomic mass is 10.1. The highest BCUT2D eigenvalue weighted by molar-refractivity contribution is 6.79. The summed E-state index contributed by atoms with van der Waals surface area (Å²) in [7, 11) is -0.873. The van der Waals surface area contributed by atoms with Gasteiger partial charge >= 0.3 is 6.16 Å². The molecule has 0 aromatic carbocycles. The third-order valence-corrected chi connectivity index (χ3v) is 11.2. The lowest BCUT2D eigenvalue weighted by molar-refractivity contribution is 0.0899. The van der Waals surface area contributed by atoms with Crippen LogP contribution in [0.15, 0.2) is 0 Å². The number of carboxylic acid groups (broad SMARTS) is 1. The normalized spacial score (nSPS) is 11.6. The zero-order valence-corrected chi connectivity index (χ0v) is 16.2. The maximum atomic E-state index is 10.2. The Bertz CT molecular complexity index is 257. The molecule has 0 atom stereocenters. The number of ether oxygens (including phenoxy) is 1. The van der Waals surface area contributed by atoms with E-state index in [4.69, 9.17) is 5.11 Å². The molecule has 0 aliphatic carbocycles. The smallest absolute Gasteiger partial charge is 0.450 e. The van der Waals surface area contributed by atoms with Gasteiger partial charge in [-0.1, -0.05) is 96.3 Å². The molecule has 0 bridgehead atoms. The fourth-order valence-corrected chi connectivity index (χ4v) is 6.84. The van der Waals surface area contributed by atoms with Crippen LogP contribution in [0.2, 0.25) is 24.2 Å². The van der Waals surface area contributed by atoms with Crippen molar-refractivity contribution in [1.82, 2.24) is 0 Å². The molecule has 0 rings (SSSR count). The van der Waals surface area contributed by atoms with E-state index in [1.54, 1.807) is 6.04 Å². The van der Waals surface area contributed by atoms with E-state index in [-0.39, 0.29) is 0 Å². The lowest BCUT2D eigenvalue weighted by Gasteiger charge is -2.28. The standard InChI is InChI=1S/C18H38O3Si/c1-4-22(5-2,6-3)17-15-13-11-9-7-8-10-12-14-16-21-18(19)20/h4-17H2,1-3H3,(H,19,20). The fourth-order valence-electron chi connectivity index (χ4n) is 3.28. The van der Waals surface area contributed by atoms with Crippen LogP contribution in [0.3, 0.4) is 0 Å². The van der Waals surface area contributed by atoms with Crippen molar-refractivity contribution in [2.75, 3.05) is 6.61 Å². The van der Waals surface area contributed by atoms with Crippen LogP contribution < -0.4 is 0 Å². The first-order valence-electron chi connectivity index (χ1n) is 9.46. The number of unbranched alkanes of at least 4 members (excludes halogenated alkanes) is 8. The number of hydrogen-bond donors (Lipinski definition) is 1. The van der Waals surface area contributed by atoms with Crippen LogP contribution in [-0.4, -0.2) is 25.9 Å². The Morgan fingerprint density at radius 1 is 0.773 bits per heavy atom. The molecule has 0 saturated carbocycles. The second-order valence-corrected chi connectivity index (χ2v) is 12.2. The first-order chi connectivity index (χ1) is 10.6. The van der Waals surface area contributed by atoms with Crippen LogP contribution in [0.4, 0.5) is 4.79 Å². The average Bonchev–Trinajstić information content (AvgIpc) is 2.52. The van der Waals surface area contributed by atoms with Gasteiger partial charge in [-0.2, -0.15) is 0 Å². The Morgan fingerprint density at radius 2 is 1.18 bits per heavy atom. The van der Waals surface area contributed by atoms with E-state index in [2.05, 4.69) is 25.5 Å². The van der Waals surface area contributed by atoms with Crippen molar-refractivity contribution >= 4 is 14.2 Å². The summed E-state index contributed by atoms with van der Waals surface area (Å²) in [4.78, 5) is 10.2. The predicted molar refractivity (Wildman–Crippen MR) is 97.5 cm³/mol. The van der Waals surface area contributed by atoms with E-state index in [0.29, 0.717) is 6.61 Å². The van der Waals surface area contributed by atoms with E-state index in [1.807, 2.05) is 0 Å². The maximum Gasteiger partial charge on any atom is 0.505 e. The summed E-state index contributed by atoms with van der Waals surface area (Å²) in [6.07, 6.45) is 10.3. The van der Waals surface area contributed by atoms with Crippen molar-refractivity contribution in [2.45, 2.75) is 103 Å². The number of carbonyl (C=O) groups is 1. The molecule has 1 N–H and O–H groups in total. The third kappa shape index (κ3) is 11.1. The van der Waals surface area contributed by atoms with E-state index < -0.39 is 14.2 Å². The van der Waals surface area contributed by atoms with Crippen molar-refractivity contribution in [3.05, 3.63) is 0 Å². The van der Waals surface area contributed by atoms with E-state index in [1.165, 1.54) is 63.1 Å². The molecular weight excluding hydrogens is 292 g/mol. The van der Waals surface area contributed by atoms with Gasteiger partial charge in [0, 0.05) is 0 Å². The van der Waals surface area contributed by atoms with Crippen molar-refractivity contribution in [2.24, 2.45) is 0 Å². The van der Waals surface area contributed by atoms with Gasteiger partial charge in [0.05, 0.1) is 14.7 Å². The maximum absolute atomic E-state index is 10.2.